The van der Waals surface area contributed by atoms with Gasteiger partial charge in [0.15, 0.2) is 0 Å². The van der Waals surface area contributed by atoms with Crippen LogP contribution in [-0.2, 0) is 0 Å². The van der Waals surface area contributed by atoms with Crippen LogP contribution in [0.15, 0.2) is 52.3 Å². The molecule has 2 aromatic carbocycles. The number of ether oxygens (including phenoxy) is 1. The Morgan fingerprint density at radius 1 is 1.21 bits per heavy atom. The first-order chi connectivity index (χ1) is 9.10. The SMILES string of the molecule is COc1cccc(Sc2ccc(C(=O)O)cc2C)c1. The van der Waals surface area contributed by atoms with Crippen molar-refractivity contribution in [3.8, 4) is 5.75 Å². The molecule has 1 N–H and O–H groups in total. The van der Waals surface area contributed by atoms with Gasteiger partial charge >= 0.3 is 5.97 Å². The Bertz CT molecular complexity index is 608. The normalized spacial score (nSPS) is 10.2. The maximum absolute atomic E-state index is 10.9. The minimum absolute atomic E-state index is 0.312. The van der Waals surface area contributed by atoms with Crippen molar-refractivity contribution in [2.24, 2.45) is 0 Å². The summed E-state index contributed by atoms with van der Waals surface area (Å²) < 4.78 is 5.18. The van der Waals surface area contributed by atoms with E-state index in [4.69, 9.17) is 9.84 Å². The first-order valence-electron chi connectivity index (χ1n) is 5.76. The summed E-state index contributed by atoms with van der Waals surface area (Å²) in [5.41, 5.74) is 1.26. The van der Waals surface area contributed by atoms with E-state index in [9.17, 15) is 4.79 Å². The summed E-state index contributed by atoms with van der Waals surface area (Å²) >= 11 is 1.59. The van der Waals surface area contributed by atoms with Gasteiger partial charge in [-0.1, -0.05) is 17.8 Å². The van der Waals surface area contributed by atoms with Gasteiger partial charge in [0.2, 0.25) is 0 Å². The molecule has 0 aliphatic carbocycles. The summed E-state index contributed by atoms with van der Waals surface area (Å²) in [7, 11) is 1.64. The highest BCUT2D eigenvalue weighted by molar-refractivity contribution is 7.99. The van der Waals surface area contributed by atoms with E-state index in [1.165, 1.54) is 0 Å². The average molecular weight is 274 g/mol. The lowest BCUT2D eigenvalue weighted by molar-refractivity contribution is 0.0696. The first kappa shape index (κ1) is 13.5. The fraction of sp³-hybridized carbons (Fsp3) is 0.133. The molecule has 0 unspecified atom stereocenters. The second-order valence-electron chi connectivity index (χ2n) is 4.07. The highest BCUT2D eigenvalue weighted by Crippen LogP contribution is 2.32. The summed E-state index contributed by atoms with van der Waals surface area (Å²) in [6.45, 7) is 1.91. The van der Waals surface area contributed by atoms with Crippen molar-refractivity contribution in [1.29, 1.82) is 0 Å². The Kier molecular flexibility index (Phi) is 4.12. The van der Waals surface area contributed by atoms with Crippen molar-refractivity contribution in [1.82, 2.24) is 0 Å². The van der Waals surface area contributed by atoms with Gasteiger partial charge in [0, 0.05) is 9.79 Å². The molecule has 0 fully saturated rings. The van der Waals surface area contributed by atoms with E-state index in [-0.39, 0.29) is 0 Å². The van der Waals surface area contributed by atoms with Gasteiger partial charge in [0.05, 0.1) is 12.7 Å². The lowest BCUT2D eigenvalue weighted by Gasteiger charge is -2.07. The third-order valence-electron chi connectivity index (χ3n) is 2.69. The van der Waals surface area contributed by atoms with Crippen molar-refractivity contribution in [3.63, 3.8) is 0 Å². The predicted molar refractivity (Wildman–Crippen MR) is 75.3 cm³/mol. The molecule has 2 rings (SSSR count). The molecular weight excluding hydrogens is 260 g/mol. The molecule has 0 radical (unpaired) electrons. The number of rotatable bonds is 4. The van der Waals surface area contributed by atoms with E-state index in [2.05, 4.69) is 0 Å². The molecule has 19 heavy (non-hydrogen) atoms. The second-order valence-corrected chi connectivity index (χ2v) is 5.18. The maximum Gasteiger partial charge on any atom is 0.335 e. The highest BCUT2D eigenvalue weighted by atomic mass is 32.2. The van der Waals surface area contributed by atoms with Crippen molar-refractivity contribution in [3.05, 3.63) is 53.6 Å². The number of hydrogen-bond donors (Lipinski definition) is 1. The van der Waals surface area contributed by atoms with Crippen LogP contribution in [0.5, 0.6) is 5.75 Å². The van der Waals surface area contributed by atoms with Crippen molar-refractivity contribution >= 4 is 17.7 Å². The van der Waals surface area contributed by atoms with Crippen molar-refractivity contribution in [2.45, 2.75) is 16.7 Å². The van der Waals surface area contributed by atoms with Gasteiger partial charge in [-0.2, -0.15) is 0 Å². The molecule has 0 spiro atoms. The standard InChI is InChI=1S/C15H14O3S/c1-10-8-11(15(16)17)6-7-14(10)19-13-5-3-4-12(9-13)18-2/h3-9H,1-2H3,(H,16,17). The zero-order valence-electron chi connectivity index (χ0n) is 10.7. The quantitative estimate of drug-likeness (QED) is 0.919. The molecular formula is C15H14O3S. The Morgan fingerprint density at radius 3 is 2.63 bits per heavy atom. The Morgan fingerprint density at radius 2 is 2.00 bits per heavy atom. The van der Waals surface area contributed by atoms with Crippen LogP contribution in [0.2, 0.25) is 0 Å². The third kappa shape index (κ3) is 3.29. The summed E-state index contributed by atoms with van der Waals surface area (Å²) in [4.78, 5) is 13.0. The molecule has 0 amide bonds. The Balaban J connectivity index is 2.25. The monoisotopic (exact) mass is 274 g/mol. The van der Waals surface area contributed by atoms with E-state index in [0.29, 0.717) is 5.56 Å². The fourth-order valence-corrected chi connectivity index (χ4v) is 2.62. The third-order valence-corrected chi connectivity index (χ3v) is 3.86. The summed E-state index contributed by atoms with van der Waals surface area (Å²) in [6.07, 6.45) is 0. The smallest absolute Gasteiger partial charge is 0.335 e. The second kappa shape index (κ2) is 5.80. The summed E-state index contributed by atoms with van der Waals surface area (Å²) in [5.74, 6) is -0.0918. The van der Waals surface area contributed by atoms with E-state index in [1.54, 1.807) is 31.0 Å². The molecule has 2 aromatic rings. The van der Waals surface area contributed by atoms with Crippen molar-refractivity contribution in [2.75, 3.05) is 7.11 Å². The Hall–Kier alpha value is -1.94. The largest absolute Gasteiger partial charge is 0.497 e. The summed E-state index contributed by atoms with van der Waals surface area (Å²) in [5, 5.41) is 8.93. The van der Waals surface area contributed by atoms with Crippen LogP contribution in [0.1, 0.15) is 15.9 Å². The van der Waals surface area contributed by atoms with Gasteiger partial charge in [-0.05, 0) is 48.9 Å². The molecule has 0 aliphatic heterocycles. The van der Waals surface area contributed by atoms with Gasteiger partial charge in [0.1, 0.15) is 5.75 Å². The predicted octanol–water partition coefficient (Wildman–Crippen LogP) is 3.85. The minimum atomic E-state index is -0.902. The van der Waals surface area contributed by atoms with Gasteiger partial charge in [-0.3, -0.25) is 0 Å². The van der Waals surface area contributed by atoms with Crippen LogP contribution < -0.4 is 4.74 Å². The maximum atomic E-state index is 10.9. The molecule has 0 atom stereocenters. The number of methoxy groups -OCH3 is 1. The van der Waals surface area contributed by atoms with Crippen LogP contribution in [-0.4, -0.2) is 18.2 Å². The first-order valence-corrected chi connectivity index (χ1v) is 6.57. The van der Waals surface area contributed by atoms with Gasteiger partial charge in [-0.15, -0.1) is 0 Å². The number of benzene rings is 2. The Labute approximate surface area is 116 Å². The minimum Gasteiger partial charge on any atom is -0.497 e. The van der Waals surface area contributed by atoms with E-state index >= 15 is 0 Å². The molecule has 0 bridgehead atoms. The molecule has 0 aromatic heterocycles. The van der Waals surface area contributed by atoms with Crippen LogP contribution >= 0.6 is 11.8 Å². The van der Waals surface area contributed by atoms with Gasteiger partial charge in [-0.25, -0.2) is 4.79 Å². The van der Waals surface area contributed by atoms with E-state index in [0.717, 1.165) is 21.1 Å². The van der Waals surface area contributed by atoms with E-state index < -0.39 is 5.97 Å². The number of aryl methyl sites for hydroxylation is 1. The average Bonchev–Trinajstić information content (AvgIpc) is 2.41. The molecule has 98 valence electrons. The molecule has 3 nitrogen and oxygen atoms in total. The highest BCUT2D eigenvalue weighted by Gasteiger charge is 2.07. The van der Waals surface area contributed by atoms with Crippen LogP contribution in [0.4, 0.5) is 0 Å². The van der Waals surface area contributed by atoms with Crippen molar-refractivity contribution < 1.29 is 14.6 Å². The number of carboxylic acid groups (broad SMARTS) is 1. The number of carboxylic acids is 1. The number of aromatic carboxylic acids is 1. The molecule has 0 saturated carbocycles. The van der Waals surface area contributed by atoms with E-state index in [1.807, 2.05) is 37.3 Å². The molecule has 4 heteroatoms. The van der Waals surface area contributed by atoms with Crippen LogP contribution in [0, 0.1) is 6.92 Å². The number of hydrogen-bond acceptors (Lipinski definition) is 3. The molecule has 0 saturated heterocycles. The zero-order valence-corrected chi connectivity index (χ0v) is 11.5. The topological polar surface area (TPSA) is 46.5 Å². The fourth-order valence-electron chi connectivity index (χ4n) is 1.69. The van der Waals surface area contributed by atoms with Gasteiger partial charge in [0.25, 0.3) is 0 Å². The van der Waals surface area contributed by atoms with Crippen LogP contribution in [0.3, 0.4) is 0 Å². The number of carbonyl (C=O) groups is 1. The van der Waals surface area contributed by atoms with Crippen LogP contribution in [0.25, 0.3) is 0 Å². The summed E-state index contributed by atoms with van der Waals surface area (Å²) in [6, 6.07) is 12.9. The lowest BCUT2D eigenvalue weighted by atomic mass is 10.1. The zero-order chi connectivity index (χ0) is 13.8. The molecule has 0 heterocycles. The molecule has 0 aliphatic rings. The van der Waals surface area contributed by atoms with Gasteiger partial charge < -0.3 is 9.84 Å². The lowest BCUT2D eigenvalue weighted by Crippen LogP contribution is -1.96.